The first kappa shape index (κ1) is 27.7. The van der Waals surface area contributed by atoms with Gasteiger partial charge in [-0.2, -0.15) is 0 Å². The number of amides is 3. The van der Waals surface area contributed by atoms with E-state index < -0.39 is 23.8 Å². The van der Waals surface area contributed by atoms with Crippen LogP contribution in [0.3, 0.4) is 0 Å². The number of benzene rings is 1. The molecule has 3 amide bonds. The van der Waals surface area contributed by atoms with Gasteiger partial charge in [-0.15, -0.1) is 0 Å². The van der Waals surface area contributed by atoms with Crippen molar-refractivity contribution < 1.29 is 19.1 Å². The smallest absolute Gasteiger partial charge is 0.408 e. The zero-order valence-electron chi connectivity index (χ0n) is 21.9. The lowest BCUT2D eigenvalue weighted by Gasteiger charge is -2.35. The van der Waals surface area contributed by atoms with E-state index in [4.69, 9.17) is 4.74 Å². The molecule has 2 rings (SSSR count). The van der Waals surface area contributed by atoms with Crippen molar-refractivity contribution in [3.8, 4) is 0 Å². The molecule has 0 aromatic heterocycles. The normalized spacial score (nSPS) is 15.4. The lowest BCUT2D eigenvalue weighted by molar-refractivity contribution is -0.143. The number of nitrogens with one attached hydrogen (secondary N) is 2. The first-order valence-electron chi connectivity index (χ1n) is 12.6. The van der Waals surface area contributed by atoms with Gasteiger partial charge in [0.1, 0.15) is 17.7 Å². The second-order valence-electron chi connectivity index (χ2n) is 10.7. The fraction of sp³-hybridized carbons (Fsp3) is 0.667. The Bertz CT molecular complexity index is 843. The SMILES string of the molecule is CCCCNC(=O)C(c1ccccc1C)N(C(=O)C(CC(C)C)NC(=O)OC(C)(C)C)C1CC1. The van der Waals surface area contributed by atoms with Gasteiger partial charge in [0.15, 0.2) is 0 Å². The third-order valence-corrected chi connectivity index (χ3v) is 5.73. The van der Waals surface area contributed by atoms with Crippen LogP contribution in [0.25, 0.3) is 0 Å². The number of ether oxygens (including phenoxy) is 1. The molecule has 34 heavy (non-hydrogen) atoms. The molecule has 1 fully saturated rings. The van der Waals surface area contributed by atoms with E-state index in [1.54, 1.807) is 25.7 Å². The zero-order valence-corrected chi connectivity index (χ0v) is 21.9. The Morgan fingerprint density at radius 3 is 2.32 bits per heavy atom. The Labute approximate surface area is 205 Å². The number of alkyl carbamates (subject to hydrolysis) is 1. The summed E-state index contributed by atoms with van der Waals surface area (Å²) in [6, 6.07) is 6.17. The average Bonchev–Trinajstić information content (AvgIpc) is 3.55. The van der Waals surface area contributed by atoms with E-state index in [-0.39, 0.29) is 23.8 Å². The molecule has 0 saturated heterocycles. The molecule has 1 aliphatic carbocycles. The van der Waals surface area contributed by atoms with Gasteiger partial charge in [0.2, 0.25) is 11.8 Å². The summed E-state index contributed by atoms with van der Waals surface area (Å²) < 4.78 is 5.43. The summed E-state index contributed by atoms with van der Waals surface area (Å²) in [7, 11) is 0. The van der Waals surface area contributed by atoms with E-state index in [2.05, 4.69) is 17.6 Å². The fourth-order valence-electron chi connectivity index (χ4n) is 3.99. The van der Waals surface area contributed by atoms with Crippen molar-refractivity contribution >= 4 is 17.9 Å². The topological polar surface area (TPSA) is 87.7 Å². The van der Waals surface area contributed by atoms with E-state index in [1.807, 2.05) is 45.0 Å². The van der Waals surface area contributed by atoms with Crippen molar-refractivity contribution in [3.05, 3.63) is 35.4 Å². The minimum atomic E-state index is -0.773. The first-order chi connectivity index (χ1) is 15.9. The summed E-state index contributed by atoms with van der Waals surface area (Å²) in [6.07, 6.45) is 3.37. The first-order valence-corrected chi connectivity index (χ1v) is 12.6. The Kier molecular flexibility index (Phi) is 9.95. The molecular weight excluding hydrogens is 430 g/mol. The molecule has 2 N–H and O–H groups in total. The van der Waals surface area contributed by atoms with Crippen LogP contribution in [0.4, 0.5) is 4.79 Å². The summed E-state index contributed by atoms with van der Waals surface area (Å²) in [5.41, 5.74) is 1.10. The molecule has 0 heterocycles. The number of hydrogen-bond acceptors (Lipinski definition) is 4. The molecule has 0 spiro atoms. The summed E-state index contributed by atoms with van der Waals surface area (Å²) in [6.45, 7) is 14.0. The maximum atomic E-state index is 14.0. The molecule has 1 aromatic rings. The van der Waals surface area contributed by atoms with Crippen LogP contribution in [0.1, 0.15) is 90.8 Å². The Morgan fingerprint density at radius 2 is 1.79 bits per heavy atom. The number of carbonyl (C=O) groups excluding carboxylic acids is 3. The van der Waals surface area contributed by atoms with Crippen LogP contribution < -0.4 is 10.6 Å². The highest BCUT2D eigenvalue weighted by Crippen LogP contribution is 2.37. The molecule has 7 nitrogen and oxygen atoms in total. The largest absolute Gasteiger partial charge is 0.444 e. The number of unbranched alkanes of at least 4 members (excludes halogenated alkanes) is 1. The molecule has 2 atom stereocenters. The Morgan fingerprint density at radius 1 is 1.15 bits per heavy atom. The van der Waals surface area contributed by atoms with Gasteiger partial charge in [0.05, 0.1) is 0 Å². The van der Waals surface area contributed by atoms with Crippen molar-refractivity contribution in [1.29, 1.82) is 0 Å². The molecule has 1 aliphatic rings. The van der Waals surface area contributed by atoms with Gasteiger partial charge in [-0.1, -0.05) is 51.5 Å². The van der Waals surface area contributed by atoms with Crippen molar-refractivity contribution in [2.45, 2.75) is 104 Å². The molecular formula is C27H43N3O4. The van der Waals surface area contributed by atoms with Crippen molar-refractivity contribution in [2.24, 2.45) is 5.92 Å². The van der Waals surface area contributed by atoms with Gasteiger partial charge < -0.3 is 20.3 Å². The van der Waals surface area contributed by atoms with E-state index in [1.165, 1.54) is 0 Å². The Balaban J connectivity index is 2.41. The molecule has 0 bridgehead atoms. The third kappa shape index (κ3) is 8.33. The van der Waals surface area contributed by atoms with E-state index in [0.29, 0.717) is 13.0 Å². The minimum absolute atomic E-state index is 0.0240. The fourth-order valence-corrected chi connectivity index (χ4v) is 3.99. The van der Waals surface area contributed by atoms with E-state index in [9.17, 15) is 14.4 Å². The van der Waals surface area contributed by atoms with Gasteiger partial charge in [-0.3, -0.25) is 9.59 Å². The van der Waals surface area contributed by atoms with Crippen molar-refractivity contribution in [3.63, 3.8) is 0 Å². The molecule has 1 aromatic carbocycles. The summed E-state index contributed by atoms with van der Waals surface area (Å²) in [5.74, 6) is -0.246. The Hall–Kier alpha value is -2.57. The molecule has 2 unspecified atom stereocenters. The molecule has 190 valence electrons. The number of aryl methyl sites for hydroxylation is 1. The maximum Gasteiger partial charge on any atom is 0.408 e. The second kappa shape index (κ2) is 12.2. The molecule has 0 radical (unpaired) electrons. The minimum Gasteiger partial charge on any atom is -0.444 e. The van der Waals surface area contributed by atoms with Gasteiger partial charge in [-0.25, -0.2) is 4.79 Å². The van der Waals surface area contributed by atoms with Gasteiger partial charge in [0.25, 0.3) is 0 Å². The quantitative estimate of drug-likeness (QED) is 0.448. The monoisotopic (exact) mass is 473 g/mol. The van der Waals surface area contributed by atoms with E-state index in [0.717, 1.165) is 36.8 Å². The average molecular weight is 474 g/mol. The number of hydrogen-bond donors (Lipinski definition) is 2. The maximum absolute atomic E-state index is 14.0. The number of carbonyl (C=O) groups is 3. The zero-order chi connectivity index (χ0) is 25.5. The lowest BCUT2D eigenvalue weighted by atomic mass is 9.96. The van der Waals surface area contributed by atoms with Crippen LogP contribution in [0.5, 0.6) is 0 Å². The summed E-state index contributed by atoms with van der Waals surface area (Å²) in [5, 5.41) is 5.83. The predicted molar refractivity (Wildman–Crippen MR) is 134 cm³/mol. The van der Waals surface area contributed by atoms with Crippen molar-refractivity contribution in [2.75, 3.05) is 6.54 Å². The highest BCUT2D eigenvalue weighted by atomic mass is 16.6. The van der Waals surface area contributed by atoms with Crippen LogP contribution in [0.15, 0.2) is 24.3 Å². The van der Waals surface area contributed by atoms with Crippen LogP contribution in [-0.2, 0) is 14.3 Å². The van der Waals surface area contributed by atoms with E-state index >= 15 is 0 Å². The number of nitrogens with zero attached hydrogens (tertiary/aromatic N) is 1. The standard InChI is InChI=1S/C27H43N3O4/c1-8-9-16-28-24(31)23(21-13-11-10-12-19(21)4)30(20-14-15-20)25(32)22(17-18(2)3)29-26(33)34-27(5,6)7/h10-13,18,20,22-23H,8-9,14-17H2,1-7H3,(H,28,31)(H,29,33). The summed E-state index contributed by atoms with van der Waals surface area (Å²) in [4.78, 5) is 41.8. The third-order valence-electron chi connectivity index (χ3n) is 5.73. The highest BCUT2D eigenvalue weighted by molar-refractivity contribution is 5.92. The van der Waals surface area contributed by atoms with Crippen LogP contribution >= 0.6 is 0 Å². The molecule has 7 heteroatoms. The lowest BCUT2D eigenvalue weighted by Crippen LogP contribution is -2.54. The highest BCUT2D eigenvalue weighted by Gasteiger charge is 2.44. The van der Waals surface area contributed by atoms with Gasteiger partial charge >= 0.3 is 6.09 Å². The van der Waals surface area contributed by atoms with Gasteiger partial charge in [0, 0.05) is 12.6 Å². The number of rotatable bonds is 11. The van der Waals surface area contributed by atoms with Gasteiger partial charge in [-0.05, 0) is 70.4 Å². The molecule has 1 saturated carbocycles. The molecule has 0 aliphatic heterocycles. The van der Waals surface area contributed by atoms with Crippen LogP contribution in [0, 0.1) is 12.8 Å². The van der Waals surface area contributed by atoms with Crippen molar-refractivity contribution in [1.82, 2.24) is 15.5 Å². The predicted octanol–water partition coefficient (Wildman–Crippen LogP) is 4.88. The van der Waals surface area contributed by atoms with Crippen LogP contribution in [0.2, 0.25) is 0 Å². The van der Waals surface area contributed by atoms with Crippen LogP contribution in [-0.4, -0.2) is 47.0 Å². The summed E-state index contributed by atoms with van der Waals surface area (Å²) >= 11 is 0. The second-order valence-corrected chi connectivity index (χ2v) is 10.7.